The van der Waals surface area contributed by atoms with Gasteiger partial charge in [0.15, 0.2) is 5.16 Å². The number of piperazine rings is 1. The molecule has 3 rings (SSSR count). The van der Waals surface area contributed by atoms with Crippen molar-refractivity contribution in [1.29, 1.82) is 0 Å². The van der Waals surface area contributed by atoms with Crippen LogP contribution >= 0.6 is 11.8 Å². The largest absolute Gasteiger partial charge is 0.383 e. The zero-order valence-electron chi connectivity index (χ0n) is 16.8. The number of rotatable bonds is 8. The normalized spacial score (nSPS) is 14.9. The molecule has 0 unspecified atom stereocenters. The topological polar surface area (TPSA) is 96.3 Å². The molecule has 28 heavy (non-hydrogen) atoms. The van der Waals surface area contributed by atoms with Gasteiger partial charge >= 0.3 is 0 Å². The van der Waals surface area contributed by atoms with Gasteiger partial charge in [-0.15, -0.1) is 0 Å². The van der Waals surface area contributed by atoms with E-state index in [1.54, 1.807) is 11.8 Å². The molecule has 1 aromatic carbocycles. The molecule has 152 valence electrons. The van der Waals surface area contributed by atoms with Crippen LogP contribution in [-0.4, -0.2) is 67.4 Å². The molecule has 0 atom stereocenters. The summed E-state index contributed by atoms with van der Waals surface area (Å²) < 4.78 is 0. The Morgan fingerprint density at radius 1 is 1.07 bits per heavy atom. The molecule has 0 radical (unpaired) electrons. The van der Waals surface area contributed by atoms with Gasteiger partial charge in [0.2, 0.25) is 0 Å². The number of hydrogen-bond donors (Lipinski definition) is 3. The van der Waals surface area contributed by atoms with Gasteiger partial charge in [0.25, 0.3) is 0 Å². The second kappa shape index (κ2) is 9.95. The number of nitrogens with two attached hydrogens (primary N) is 2. The van der Waals surface area contributed by atoms with Crippen molar-refractivity contribution >= 4 is 29.1 Å². The fourth-order valence-corrected chi connectivity index (χ4v) is 4.03. The highest BCUT2D eigenvalue weighted by atomic mass is 32.2. The van der Waals surface area contributed by atoms with Crippen molar-refractivity contribution in [2.24, 2.45) is 0 Å². The zero-order chi connectivity index (χ0) is 19.9. The van der Waals surface area contributed by atoms with E-state index in [0.717, 1.165) is 61.7 Å². The monoisotopic (exact) mass is 401 g/mol. The van der Waals surface area contributed by atoms with E-state index in [1.165, 1.54) is 0 Å². The van der Waals surface area contributed by atoms with E-state index in [1.807, 2.05) is 14.1 Å². The van der Waals surface area contributed by atoms with Gasteiger partial charge in [-0.05, 0) is 30.7 Å². The van der Waals surface area contributed by atoms with Crippen LogP contribution < -0.4 is 21.7 Å². The molecular weight excluding hydrogens is 370 g/mol. The lowest BCUT2D eigenvalue weighted by atomic mass is 10.1. The van der Waals surface area contributed by atoms with Crippen molar-refractivity contribution < 1.29 is 0 Å². The number of nitrogens with zero attached hydrogens (tertiary/aromatic N) is 4. The van der Waals surface area contributed by atoms with Crippen molar-refractivity contribution in [2.45, 2.75) is 18.0 Å². The van der Waals surface area contributed by atoms with Crippen LogP contribution in [0.2, 0.25) is 0 Å². The first-order valence-corrected chi connectivity index (χ1v) is 10.8. The van der Waals surface area contributed by atoms with Crippen LogP contribution in [0.15, 0.2) is 29.4 Å². The number of anilines is 3. The van der Waals surface area contributed by atoms with E-state index in [4.69, 9.17) is 11.5 Å². The van der Waals surface area contributed by atoms with Gasteiger partial charge in [0.1, 0.15) is 11.6 Å². The summed E-state index contributed by atoms with van der Waals surface area (Å²) in [7, 11) is 4.05. The van der Waals surface area contributed by atoms with Gasteiger partial charge < -0.3 is 26.6 Å². The number of benzene rings is 1. The molecule has 0 saturated carbocycles. The summed E-state index contributed by atoms with van der Waals surface area (Å²) in [5.41, 5.74) is 15.5. The molecule has 0 amide bonds. The number of nitrogens with one attached hydrogen (secondary N) is 1. The van der Waals surface area contributed by atoms with Gasteiger partial charge in [0.05, 0.1) is 0 Å². The van der Waals surface area contributed by atoms with Gasteiger partial charge in [0, 0.05) is 63.7 Å². The first-order chi connectivity index (χ1) is 13.5. The lowest BCUT2D eigenvalue weighted by Gasteiger charge is -2.26. The molecule has 1 saturated heterocycles. The predicted octanol–water partition coefficient (Wildman–Crippen LogP) is 1.69. The standard InChI is InChI=1S/C20H31N7S/c1-26(2)16-6-4-15(5-7-16)14-17-18(21)24-20(25-19(17)22)28-13-3-10-27-11-8-23-9-12-27/h4-7,23H,3,8-14H2,1-2H3,(H4,21,22,24,25). The molecule has 0 spiro atoms. The quantitative estimate of drug-likeness (QED) is 0.349. The average molecular weight is 402 g/mol. The molecule has 7 nitrogen and oxygen atoms in total. The molecule has 2 aromatic rings. The summed E-state index contributed by atoms with van der Waals surface area (Å²) in [6, 6.07) is 8.36. The second-order valence-corrected chi connectivity index (χ2v) is 8.35. The number of aromatic nitrogens is 2. The van der Waals surface area contributed by atoms with Crippen LogP contribution in [0.3, 0.4) is 0 Å². The molecular formula is C20H31N7S. The van der Waals surface area contributed by atoms with Crippen LogP contribution in [0.1, 0.15) is 17.5 Å². The lowest BCUT2D eigenvalue weighted by Crippen LogP contribution is -2.43. The third-order valence-electron chi connectivity index (χ3n) is 4.94. The molecule has 1 aromatic heterocycles. The van der Waals surface area contributed by atoms with Crippen molar-refractivity contribution in [3.8, 4) is 0 Å². The van der Waals surface area contributed by atoms with Crippen LogP contribution in [0.4, 0.5) is 17.3 Å². The summed E-state index contributed by atoms with van der Waals surface area (Å²) >= 11 is 1.63. The SMILES string of the molecule is CN(C)c1ccc(Cc2c(N)nc(SCCCN3CCNCC3)nc2N)cc1. The maximum Gasteiger partial charge on any atom is 0.191 e. The Morgan fingerprint density at radius 2 is 1.71 bits per heavy atom. The van der Waals surface area contributed by atoms with Crippen molar-refractivity contribution in [1.82, 2.24) is 20.2 Å². The van der Waals surface area contributed by atoms with E-state index in [0.29, 0.717) is 23.2 Å². The number of thioether (sulfide) groups is 1. The third kappa shape index (κ3) is 5.73. The Labute approximate surface area is 171 Å². The highest BCUT2D eigenvalue weighted by Crippen LogP contribution is 2.25. The van der Waals surface area contributed by atoms with Crippen LogP contribution in [-0.2, 0) is 6.42 Å². The minimum absolute atomic E-state index is 0.480. The Balaban J connectivity index is 1.54. The number of hydrogen-bond acceptors (Lipinski definition) is 8. The highest BCUT2D eigenvalue weighted by molar-refractivity contribution is 7.99. The molecule has 1 aliphatic rings. The minimum atomic E-state index is 0.480. The van der Waals surface area contributed by atoms with Crippen LogP contribution in [0.25, 0.3) is 0 Å². The molecule has 1 aliphatic heterocycles. The van der Waals surface area contributed by atoms with Crippen molar-refractivity contribution in [3.63, 3.8) is 0 Å². The average Bonchev–Trinajstić information content (AvgIpc) is 2.69. The van der Waals surface area contributed by atoms with Gasteiger partial charge in [-0.25, -0.2) is 9.97 Å². The fourth-order valence-electron chi connectivity index (χ4n) is 3.25. The number of nitrogen functional groups attached to an aromatic ring is 2. The Kier molecular flexibility index (Phi) is 7.36. The molecule has 8 heteroatoms. The van der Waals surface area contributed by atoms with E-state index < -0.39 is 0 Å². The van der Waals surface area contributed by atoms with E-state index >= 15 is 0 Å². The molecule has 0 aliphatic carbocycles. The summed E-state index contributed by atoms with van der Waals surface area (Å²) in [5, 5.41) is 4.05. The Bertz CT molecular complexity index is 735. The molecule has 5 N–H and O–H groups in total. The van der Waals surface area contributed by atoms with E-state index in [2.05, 4.69) is 49.4 Å². The lowest BCUT2D eigenvalue weighted by molar-refractivity contribution is 0.242. The first-order valence-electron chi connectivity index (χ1n) is 9.77. The summed E-state index contributed by atoms with van der Waals surface area (Å²) in [6.07, 6.45) is 1.74. The maximum absolute atomic E-state index is 6.20. The van der Waals surface area contributed by atoms with Gasteiger partial charge in [-0.1, -0.05) is 23.9 Å². The van der Waals surface area contributed by atoms with Gasteiger partial charge in [-0.2, -0.15) is 0 Å². The maximum atomic E-state index is 6.20. The molecule has 1 fully saturated rings. The minimum Gasteiger partial charge on any atom is -0.383 e. The van der Waals surface area contributed by atoms with Gasteiger partial charge in [-0.3, -0.25) is 0 Å². The Morgan fingerprint density at radius 3 is 2.32 bits per heavy atom. The summed E-state index contributed by atoms with van der Waals surface area (Å²) in [4.78, 5) is 13.5. The third-order valence-corrected chi connectivity index (χ3v) is 5.88. The Hall–Kier alpha value is -2.03. The summed E-state index contributed by atoms with van der Waals surface area (Å²) in [6.45, 7) is 5.54. The van der Waals surface area contributed by atoms with E-state index in [-0.39, 0.29) is 0 Å². The summed E-state index contributed by atoms with van der Waals surface area (Å²) in [5.74, 6) is 1.93. The zero-order valence-corrected chi connectivity index (χ0v) is 17.6. The van der Waals surface area contributed by atoms with Crippen molar-refractivity contribution in [2.75, 3.05) is 68.9 Å². The van der Waals surface area contributed by atoms with Crippen LogP contribution in [0.5, 0.6) is 0 Å². The molecule has 0 bridgehead atoms. The van der Waals surface area contributed by atoms with Crippen LogP contribution in [0, 0.1) is 0 Å². The van der Waals surface area contributed by atoms with Crippen molar-refractivity contribution in [3.05, 3.63) is 35.4 Å². The smallest absolute Gasteiger partial charge is 0.191 e. The first kappa shape index (κ1) is 20.7. The second-order valence-electron chi connectivity index (χ2n) is 7.29. The fraction of sp³-hybridized carbons (Fsp3) is 0.500. The highest BCUT2D eigenvalue weighted by Gasteiger charge is 2.13. The molecule has 2 heterocycles. The van der Waals surface area contributed by atoms with E-state index in [9.17, 15) is 0 Å². The predicted molar refractivity (Wildman–Crippen MR) is 119 cm³/mol.